The van der Waals surface area contributed by atoms with Gasteiger partial charge in [-0.1, -0.05) is 31.5 Å². The van der Waals surface area contributed by atoms with Crippen molar-refractivity contribution in [1.82, 2.24) is 0 Å². The zero-order chi connectivity index (χ0) is 17.8. The van der Waals surface area contributed by atoms with E-state index in [4.69, 9.17) is 4.74 Å². The van der Waals surface area contributed by atoms with Crippen LogP contribution in [0.5, 0.6) is 0 Å². The Morgan fingerprint density at radius 3 is 2.08 bits per heavy atom. The Bertz CT molecular complexity index is 682. The molecule has 0 aromatic heterocycles. The van der Waals surface area contributed by atoms with Crippen molar-refractivity contribution in [2.75, 3.05) is 12.4 Å². The molecule has 1 aromatic carbocycles. The van der Waals surface area contributed by atoms with Crippen molar-refractivity contribution < 1.29 is 14.3 Å². The molecule has 3 aliphatic rings. The molecule has 1 spiro atoms. The second-order valence-electron chi connectivity index (χ2n) is 7.67. The van der Waals surface area contributed by atoms with Gasteiger partial charge in [-0.15, -0.1) is 11.8 Å². The Kier molecular flexibility index (Phi) is 4.32. The summed E-state index contributed by atoms with van der Waals surface area (Å²) >= 11 is 1.80. The lowest BCUT2D eigenvalue weighted by Gasteiger charge is -2.24. The van der Waals surface area contributed by atoms with Crippen LogP contribution in [0.2, 0.25) is 0 Å². The molecule has 1 heterocycles. The van der Waals surface area contributed by atoms with Crippen LogP contribution in [0, 0.1) is 18.8 Å². The van der Waals surface area contributed by atoms with Gasteiger partial charge in [-0.25, -0.2) is 0 Å². The van der Waals surface area contributed by atoms with Gasteiger partial charge in [-0.05, 0) is 49.3 Å². The van der Waals surface area contributed by atoms with Crippen molar-refractivity contribution in [2.45, 2.75) is 57.3 Å². The lowest BCUT2D eigenvalue weighted by atomic mass is 9.83. The van der Waals surface area contributed by atoms with E-state index in [2.05, 4.69) is 32.9 Å². The lowest BCUT2D eigenvalue weighted by Crippen LogP contribution is -2.26. The zero-order valence-corrected chi connectivity index (χ0v) is 16.1. The molecule has 1 aliphatic heterocycles. The summed E-state index contributed by atoms with van der Waals surface area (Å²) < 4.78 is 5.94. The average Bonchev–Trinajstić information content (AvgIpc) is 3.27. The van der Waals surface area contributed by atoms with E-state index in [0.29, 0.717) is 0 Å². The number of hydrogen-bond donors (Lipinski definition) is 0. The number of carbonyl (C=O) groups excluding carboxylic acids is 2. The Morgan fingerprint density at radius 1 is 1.08 bits per heavy atom. The van der Waals surface area contributed by atoms with Gasteiger partial charge in [0, 0.05) is 17.6 Å². The molecular weight excluding hydrogens is 332 g/mol. The topological polar surface area (TPSA) is 43.4 Å². The highest BCUT2D eigenvalue weighted by Gasteiger charge is 2.60. The van der Waals surface area contributed by atoms with Crippen molar-refractivity contribution in [3.8, 4) is 0 Å². The van der Waals surface area contributed by atoms with Crippen molar-refractivity contribution in [3.05, 3.63) is 34.4 Å². The molecule has 25 heavy (non-hydrogen) atoms. The van der Waals surface area contributed by atoms with Gasteiger partial charge in [0.25, 0.3) is 0 Å². The van der Waals surface area contributed by atoms with E-state index >= 15 is 0 Å². The van der Waals surface area contributed by atoms with Crippen LogP contribution in [-0.4, -0.2) is 28.9 Å². The van der Waals surface area contributed by atoms with Gasteiger partial charge in [-0.2, -0.15) is 0 Å². The second kappa shape index (κ2) is 6.24. The van der Waals surface area contributed by atoms with E-state index < -0.39 is 5.92 Å². The predicted molar refractivity (Wildman–Crippen MR) is 100 cm³/mol. The van der Waals surface area contributed by atoms with Crippen LogP contribution >= 0.6 is 11.8 Å². The summed E-state index contributed by atoms with van der Waals surface area (Å²) in [6.45, 7) is 7.06. The molecule has 0 bridgehead atoms. The van der Waals surface area contributed by atoms with Gasteiger partial charge >= 0.3 is 0 Å². The maximum Gasteiger partial charge on any atom is 0.151 e. The van der Waals surface area contributed by atoms with Crippen molar-refractivity contribution in [1.29, 1.82) is 0 Å². The summed E-state index contributed by atoms with van der Waals surface area (Å²) in [5.74, 6) is 0.456. The number of thioether (sulfide) groups is 1. The molecule has 4 heteroatoms. The standard InChI is InChI=1S/C21H26O3S/c1-4-13-8-12(3)9-14(5-2)17(13)18-19(22)15-10-21(24-6-7-25-21)11-16(15)20(18)23/h8-9,15-16,18H,4-7,10-11H2,1-3H3/t15-,16+,18?,21?. The first-order chi connectivity index (χ1) is 12.0. The molecule has 134 valence electrons. The first-order valence-corrected chi connectivity index (χ1v) is 10.5. The Balaban J connectivity index is 1.72. The van der Waals surface area contributed by atoms with Crippen LogP contribution in [0.3, 0.4) is 0 Å². The van der Waals surface area contributed by atoms with Gasteiger partial charge in [-0.3, -0.25) is 9.59 Å². The fraction of sp³-hybridized carbons (Fsp3) is 0.619. The number of carbonyl (C=O) groups is 2. The van der Waals surface area contributed by atoms with Crippen molar-refractivity contribution in [3.63, 3.8) is 0 Å². The molecule has 3 nitrogen and oxygen atoms in total. The molecule has 1 saturated heterocycles. The number of aryl methyl sites for hydroxylation is 3. The van der Waals surface area contributed by atoms with Crippen LogP contribution in [0.25, 0.3) is 0 Å². The quantitative estimate of drug-likeness (QED) is 0.770. The fourth-order valence-corrected chi connectivity index (χ4v) is 6.43. The van der Waals surface area contributed by atoms with E-state index in [1.807, 2.05) is 0 Å². The molecular formula is C21H26O3S. The third-order valence-electron chi connectivity index (χ3n) is 6.21. The maximum atomic E-state index is 13.3. The Labute approximate surface area is 153 Å². The minimum absolute atomic E-state index is 0.140. The molecule has 4 rings (SSSR count). The average molecular weight is 359 g/mol. The molecule has 0 N–H and O–H groups in total. The number of rotatable bonds is 3. The second-order valence-corrected chi connectivity index (χ2v) is 9.11. The van der Waals surface area contributed by atoms with E-state index in [9.17, 15) is 9.59 Å². The highest BCUT2D eigenvalue weighted by molar-refractivity contribution is 8.00. The van der Waals surface area contributed by atoms with E-state index in [1.165, 1.54) is 16.7 Å². The van der Waals surface area contributed by atoms with E-state index in [-0.39, 0.29) is 28.3 Å². The number of ether oxygens (including phenoxy) is 1. The monoisotopic (exact) mass is 358 g/mol. The van der Waals surface area contributed by atoms with Gasteiger partial charge < -0.3 is 4.74 Å². The zero-order valence-electron chi connectivity index (χ0n) is 15.3. The number of Topliss-reactive ketones (excluding diaryl/α,β-unsaturated/α-hetero) is 2. The minimum Gasteiger partial charge on any atom is -0.363 e. The highest BCUT2D eigenvalue weighted by Crippen LogP contribution is 2.57. The summed E-state index contributed by atoms with van der Waals surface area (Å²) in [6.07, 6.45) is 3.16. The third kappa shape index (κ3) is 2.60. The molecule has 2 unspecified atom stereocenters. The Morgan fingerprint density at radius 2 is 1.64 bits per heavy atom. The summed E-state index contributed by atoms with van der Waals surface area (Å²) in [7, 11) is 0. The number of hydrogen-bond acceptors (Lipinski definition) is 4. The van der Waals surface area contributed by atoms with Crippen LogP contribution in [0.4, 0.5) is 0 Å². The summed E-state index contributed by atoms with van der Waals surface area (Å²) in [4.78, 5) is 26.3. The first-order valence-electron chi connectivity index (χ1n) is 9.47. The molecule has 3 fully saturated rings. The minimum atomic E-state index is -0.538. The molecule has 1 aromatic rings. The fourth-order valence-electron chi connectivity index (χ4n) is 5.13. The van der Waals surface area contributed by atoms with E-state index in [0.717, 1.165) is 43.6 Å². The largest absolute Gasteiger partial charge is 0.363 e. The van der Waals surface area contributed by atoms with Gasteiger partial charge in [0.15, 0.2) is 11.6 Å². The first kappa shape index (κ1) is 17.3. The number of ketones is 2. The van der Waals surface area contributed by atoms with Crippen molar-refractivity contribution >= 4 is 23.3 Å². The lowest BCUT2D eigenvalue weighted by molar-refractivity contribution is -0.126. The van der Waals surface area contributed by atoms with Gasteiger partial charge in [0.1, 0.15) is 10.9 Å². The summed E-state index contributed by atoms with van der Waals surface area (Å²) in [5.41, 5.74) is 4.58. The SMILES string of the molecule is CCc1cc(C)cc(CC)c1C1C(=O)[C@H]2CC3(C[C@H]2C1=O)OCCS3. The van der Waals surface area contributed by atoms with Crippen molar-refractivity contribution in [2.24, 2.45) is 11.8 Å². The molecule has 0 amide bonds. The van der Waals surface area contributed by atoms with Crippen LogP contribution in [-0.2, 0) is 27.2 Å². The third-order valence-corrected chi connectivity index (χ3v) is 7.56. The number of benzene rings is 1. The molecule has 2 saturated carbocycles. The Hall–Kier alpha value is -1.13. The van der Waals surface area contributed by atoms with Gasteiger partial charge in [0.05, 0.1) is 6.61 Å². The number of fused-ring (bicyclic) bond motifs is 1. The molecule has 2 aliphatic carbocycles. The van der Waals surface area contributed by atoms with Gasteiger partial charge in [0.2, 0.25) is 0 Å². The molecule has 4 atom stereocenters. The highest BCUT2D eigenvalue weighted by atomic mass is 32.2. The maximum absolute atomic E-state index is 13.3. The van der Waals surface area contributed by atoms with Crippen LogP contribution < -0.4 is 0 Å². The smallest absolute Gasteiger partial charge is 0.151 e. The normalized spacial score (nSPS) is 34.3. The predicted octanol–water partition coefficient (Wildman–Crippen LogP) is 3.84. The van der Waals surface area contributed by atoms with Crippen LogP contribution in [0.15, 0.2) is 12.1 Å². The molecule has 0 radical (unpaired) electrons. The van der Waals surface area contributed by atoms with E-state index in [1.54, 1.807) is 11.8 Å². The summed E-state index contributed by atoms with van der Waals surface area (Å²) in [6, 6.07) is 4.31. The summed E-state index contributed by atoms with van der Waals surface area (Å²) in [5, 5.41) is 0. The van der Waals surface area contributed by atoms with Crippen LogP contribution in [0.1, 0.15) is 54.9 Å².